The molecule has 3 rings (SSSR count). The van der Waals surface area contributed by atoms with Crippen molar-refractivity contribution in [2.24, 2.45) is 0 Å². The zero-order valence-electron chi connectivity index (χ0n) is 16.7. The lowest BCUT2D eigenvalue weighted by molar-refractivity contribution is -0.119. The maximum atomic E-state index is 12.9. The summed E-state index contributed by atoms with van der Waals surface area (Å²) < 4.78 is 1.29. The van der Waals surface area contributed by atoms with E-state index in [0.717, 1.165) is 27.9 Å². The normalized spacial score (nSPS) is 11.9. The van der Waals surface area contributed by atoms with Crippen molar-refractivity contribution in [2.45, 2.75) is 40.2 Å². The van der Waals surface area contributed by atoms with Gasteiger partial charge in [0.1, 0.15) is 6.04 Å². The summed E-state index contributed by atoms with van der Waals surface area (Å²) in [5.41, 5.74) is 5.29. The molecule has 0 saturated heterocycles. The second-order valence-corrected chi connectivity index (χ2v) is 7.10. The minimum atomic E-state index is -0.682. The number of hydrogen-bond acceptors (Lipinski definition) is 3. The van der Waals surface area contributed by atoms with Gasteiger partial charge in [0.05, 0.1) is 5.69 Å². The van der Waals surface area contributed by atoms with E-state index >= 15 is 0 Å². The Labute approximate surface area is 165 Å². The minimum absolute atomic E-state index is 0.245. The summed E-state index contributed by atoms with van der Waals surface area (Å²) in [7, 11) is 0. The van der Waals surface area contributed by atoms with E-state index in [4.69, 9.17) is 0 Å². The van der Waals surface area contributed by atoms with Crippen molar-refractivity contribution in [3.05, 3.63) is 81.6 Å². The average molecular weight is 375 g/mol. The molecule has 2 aromatic carbocycles. The molecule has 1 heterocycles. The van der Waals surface area contributed by atoms with Crippen molar-refractivity contribution in [1.29, 1.82) is 0 Å². The van der Waals surface area contributed by atoms with E-state index in [-0.39, 0.29) is 11.5 Å². The number of nitrogens with zero attached hydrogens (tertiary/aromatic N) is 2. The zero-order chi connectivity index (χ0) is 20.3. The van der Waals surface area contributed by atoms with Gasteiger partial charge in [0.2, 0.25) is 5.91 Å². The van der Waals surface area contributed by atoms with E-state index in [1.54, 1.807) is 6.07 Å². The average Bonchev–Trinajstić information content (AvgIpc) is 2.67. The maximum Gasteiger partial charge on any atom is 0.267 e. The van der Waals surface area contributed by atoms with Crippen LogP contribution in [0.25, 0.3) is 11.3 Å². The quantitative estimate of drug-likeness (QED) is 0.718. The molecule has 1 aromatic heterocycles. The Morgan fingerprint density at radius 2 is 1.68 bits per heavy atom. The monoisotopic (exact) mass is 375 g/mol. The lowest BCUT2D eigenvalue weighted by Gasteiger charge is -2.18. The smallest absolute Gasteiger partial charge is 0.267 e. The first kappa shape index (κ1) is 19.5. The summed E-state index contributed by atoms with van der Waals surface area (Å²) in [6, 6.07) is 16.2. The molecule has 5 heteroatoms. The first-order chi connectivity index (χ1) is 13.4. The highest BCUT2D eigenvalue weighted by Crippen LogP contribution is 2.20. The fourth-order valence-corrected chi connectivity index (χ4v) is 3.17. The fraction of sp³-hybridized carbons (Fsp3) is 0.261. The first-order valence-electron chi connectivity index (χ1n) is 9.44. The molecule has 0 bridgehead atoms. The Kier molecular flexibility index (Phi) is 5.73. The number of aromatic nitrogens is 2. The summed E-state index contributed by atoms with van der Waals surface area (Å²) >= 11 is 0. The third-order valence-electron chi connectivity index (χ3n) is 4.80. The fourth-order valence-electron chi connectivity index (χ4n) is 3.17. The summed E-state index contributed by atoms with van der Waals surface area (Å²) in [5.74, 6) is -0.245. The number of anilines is 1. The predicted octanol–water partition coefficient (Wildman–Crippen LogP) is 4.43. The molecule has 1 N–H and O–H groups in total. The lowest BCUT2D eigenvalue weighted by atomic mass is 10.1. The van der Waals surface area contributed by atoms with Gasteiger partial charge in [-0.1, -0.05) is 54.4 Å². The van der Waals surface area contributed by atoms with Crippen LogP contribution in [0.3, 0.4) is 0 Å². The van der Waals surface area contributed by atoms with E-state index in [9.17, 15) is 9.59 Å². The highest BCUT2D eigenvalue weighted by molar-refractivity contribution is 5.94. The molecular formula is C23H25N3O2. The zero-order valence-corrected chi connectivity index (χ0v) is 16.7. The largest absolute Gasteiger partial charge is 0.324 e. The van der Waals surface area contributed by atoms with Crippen molar-refractivity contribution < 1.29 is 4.79 Å². The molecule has 1 amide bonds. The number of carbonyl (C=O) groups is 1. The van der Waals surface area contributed by atoms with E-state index in [0.29, 0.717) is 12.1 Å². The van der Waals surface area contributed by atoms with Gasteiger partial charge >= 0.3 is 0 Å². The molecule has 28 heavy (non-hydrogen) atoms. The molecule has 0 radical (unpaired) electrons. The Balaban J connectivity index is 1.92. The molecule has 5 nitrogen and oxygen atoms in total. The third kappa shape index (κ3) is 4.19. The van der Waals surface area contributed by atoms with Gasteiger partial charge in [0.25, 0.3) is 5.56 Å². The van der Waals surface area contributed by atoms with Crippen molar-refractivity contribution in [2.75, 3.05) is 5.32 Å². The highest BCUT2D eigenvalue weighted by atomic mass is 16.2. The standard InChI is InChI=1S/C23H25N3O2/c1-5-21(23(28)24-19-11-8-16(3)14-17(19)4)26-22(27)13-12-20(25-26)18-9-6-15(2)7-10-18/h6-14,21H,5H2,1-4H3,(H,24,28)/t21-/m0/s1. The van der Waals surface area contributed by atoms with E-state index < -0.39 is 6.04 Å². The predicted molar refractivity (Wildman–Crippen MR) is 113 cm³/mol. The molecule has 0 aliphatic carbocycles. The second kappa shape index (κ2) is 8.21. The van der Waals surface area contributed by atoms with Gasteiger partial charge < -0.3 is 5.32 Å². The van der Waals surface area contributed by atoms with Crippen molar-refractivity contribution in [3.63, 3.8) is 0 Å². The van der Waals surface area contributed by atoms with Crippen LogP contribution in [0.2, 0.25) is 0 Å². The van der Waals surface area contributed by atoms with Crippen molar-refractivity contribution >= 4 is 11.6 Å². The molecule has 1 atom stereocenters. The summed E-state index contributed by atoms with van der Waals surface area (Å²) in [4.78, 5) is 25.4. The van der Waals surface area contributed by atoms with Gasteiger partial charge in [-0.25, -0.2) is 4.68 Å². The van der Waals surface area contributed by atoms with Crippen molar-refractivity contribution in [3.8, 4) is 11.3 Å². The number of benzene rings is 2. The van der Waals surface area contributed by atoms with E-state index in [1.807, 2.05) is 70.2 Å². The molecule has 144 valence electrons. The van der Waals surface area contributed by atoms with Crippen LogP contribution in [0.15, 0.2) is 59.4 Å². The number of aryl methyl sites for hydroxylation is 3. The van der Waals surface area contributed by atoms with Gasteiger partial charge in [-0.3, -0.25) is 9.59 Å². The maximum absolute atomic E-state index is 12.9. The van der Waals surface area contributed by atoms with Crippen LogP contribution in [-0.2, 0) is 4.79 Å². The van der Waals surface area contributed by atoms with Crippen LogP contribution >= 0.6 is 0 Å². The SMILES string of the molecule is CC[C@@H](C(=O)Nc1ccc(C)cc1C)n1nc(-c2ccc(C)cc2)ccc1=O. The van der Waals surface area contributed by atoms with E-state index in [2.05, 4.69) is 10.4 Å². The second-order valence-electron chi connectivity index (χ2n) is 7.10. The van der Waals surface area contributed by atoms with Gasteiger partial charge in [0.15, 0.2) is 0 Å². The summed E-state index contributed by atoms with van der Waals surface area (Å²) in [5, 5.41) is 7.43. The Bertz CT molecular complexity index is 1050. The van der Waals surface area contributed by atoms with Crippen LogP contribution in [0.1, 0.15) is 36.1 Å². The van der Waals surface area contributed by atoms with Crippen LogP contribution in [0, 0.1) is 20.8 Å². The molecule has 0 spiro atoms. The van der Waals surface area contributed by atoms with Gasteiger partial charge in [-0.15, -0.1) is 0 Å². The molecular weight excluding hydrogens is 350 g/mol. The third-order valence-corrected chi connectivity index (χ3v) is 4.80. The van der Waals surface area contributed by atoms with Gasteiger partial charge in [0, 0.05) is 17.3 Å². The molecule has 0 fully saturated rings. The van der Waals surface area contributed by atoms with Crippen molar-refractivity contribution in [1.82, 2.24) is 9.78 Å². The number of carbonyl (C=O) groups excluding carboxylic acids is 1. The number of rotatable bonds is 5. The lowest BCUT2D eigenvalue weighted by Crippen LogP contribution is -2.34. The molecule has 0 unspecified atom stereocenters. The van der Waals surface area contributed by atoms with Crippen LogP contribution in [-0.4, -0.2) is 15.7 Å². The topological polar surface area (TPSA) is 64.0 Å². The van der Waals surface area contributed by atoms with E-state index in [1.165, 1.54) is 10.7 Å². The molecule has 0 aliphatic rings. The minimum Gasteiger partial charge on any atom is -0.324 e. The Morgan fingerprint density at radius 1 is 1.00 bits per heavy atom. The van der Waals surface area contributed by atoms with Gasteiger partial charge in [-0.2, -0.15) is 5.10 Å². The Morgan fingerprint density at radius 3 is 2.32 bits per heavy atom. The van der Waals surface area contributed by atoms with Crippen LogP contribution in [0.4, 0.5) is 5.69 Å². The first-order valence-corrected chi connectivity index (χ1v) is 9.44. The number of amides is 1. The molecule has 0 saturated carbocycles. The number of hydrogen-bond donors (Lipinski definition) is 1. The number of nitrogens with one attached hydrogen (secondary N) is 1. The summed E-state index contributed by atoms with van der Waals surface area (Å²) in [6.07, 6.45) is 0.459. The highest BCUT2D eigenvalue weighted by Gasteiger charge is 2.22. The Hall–Kier alpha value is -3.21. The van der Waals surface area contributed by atoms with Crippen LogP contribution < -0.4 is 10.9 Å². The van der Waals surface area contributed by atoms with Crippen LogP contribution in [0.5, 0.6) is 0 Å². The molecule has 3 aromatic rings. The van der Waals surface area contributed by atoms with Gasteiger partial charge in [-0.05, 0) is 44.9 Å². The summed E-state index contributed by atoms with van der Waals surface area (Å²) in [6.45, 7) is 7.85. The molecule has 0 aliphatic heterocycles.